The third-order valence-corrected chi connectivity index (χ3v) is 3.70. The Bertz CT molecular complexity index is 331. The number of piperidine rings is 1. The molecule has 6 nitrogen and oxygen atoms in total. The molecule has 19 heavy (non-hydrogen) atoms. The molecule has 0 radical (unpaired) electrons. The van der Waals surface area contributed by atoms with Gasteiger partial charge in [-0.2, -0.15) is 0 Å². The molecule has 0 aromatic heterocycles. The van der Waals surface area contributed by atoms with Gasteiger partial charge in [-0.15, -0.1) is 0 Å². The first-order chi connectivity index (χ1) is 9.16. The van der Waals surface area contributed by atoms with Crippen LogP contribution in [0.15, 0.2) is 0 Å². The predicted octanol–water partition coefficient (Wildman–Crippen LogP) is 0.635. The Hall–Kier alpha value is -1.30. The molecule has 1 saturated carbocycles. The smallest absolute Gasteiger partial charge is 0.317 e. The van der Waals surface area contributed by atoms with Gasteiger partial charge in [0.05, 0.1) is 5.92 Å². The number of urea groups is 1. The number of hydrogen-bond acceptors (Lipinski definition) is 3. The van der Waals surface area contributed by atoms with Gasteiger partial charge in [-0.25, -0.2) is 4.79 Å². The topological polar surface area (TPSA) is 81.7 Å². The fourth-order valence-electron chi connectivity index (χ4n) is 2.35. The summed E-state index contributed by atoms with van der Waals surface area (Å²) in [6.45, 7) is 2.58. The lowest BCUT2D eigenvalue weighted by Gasteiger charge is -2.30. The van der Waals surface area contributed by atoms with E-state index in [1.807, 2.05) is 0 Å². The highest BCUT2D eigenvalue weighted by atomic mass is 16.4. The molecule has 0 spiro atoms. The van der Waals surface area contributed by atoms with Crippen molar-refractivity contribution in [1.29, 1.82) is 0 Å². The number of nitrogens with one attached hydrogen (secondary N) is 2. The molecule has 0 aromatic rings. The van der Waals surface area contributed by atoms with Crippen LogP contribution in [0.25, 0.3) is 0 Å². The summed E-state index contributed by atoms with van der Waals surface area (Å²) in [7, 11) is 0. The number of aliphatic carboxylic acids is 1. The van der Waals surface area contributed by atoms with Crippen LogP contribution in [0.3, 0.4) is 0 Å². The first-order valence-electron chi connectivity index (χ1n) is 7.16. The maximum atomic E-state index is 11.9. The fourth-order valence-corrected chi connectivity index (χ4v) is 2.35. The van der Waals surface area contributed by atoms with Crippen molar-refractivity contribution >= 4 is 12.0 Å². The molecule has 3 N–H and O–H groups in total. The molecule has 2 rings (SSSR count). The van der Waals surface area contributed by atoms with Gasteiger partial charge in [0.25, 0.3) is 0 Å². The highest BCUT2D eigenvalue weighted by Gasteiger charge is 2.27. The number of hydrogen-bond donors (Lipinski definition) is 3. The molecule has 1 heterocycles. The standard InChI is InChI=1S/C13H23N3O3/c17-12(18)10-3-1-8-16(9-10)13(19)15-7-2-6-14-11-4-5-11/h10-11,14H,1-9H2,(H,15,19)(H,17,18)/t10-/m1/s1. The quantitative estimate of drug-likeness (QED) is 0.618. The lowest BCUT2D eigenvalue weighted by atomic mass is 9.99. The summed E-state index contributed by atoms with van der Waals surface area (Å²) in [6.07, 6.45) is 4.91. The number of amides is 2. The van der Waals surface area contributed by atoms with Crippen molar-refractivity contribution in [2.24, 2.45) is 5.92 Å². The Balaban J connectivity index is 1.59. The lowest BCUT2D eigenvalue weighted by molar-refractivity contribution is -0.143. The summed E-state index contributed by atoms with van der Waals surface area (Å²) < 4.78 is 0. The van der Waals surface area contributed by atoms with Gasteiger partial charge in [0, 0.05) is 25.7 Å². The largest absolute Gasteiger partial charge is 0.481 e. The van der Waals surface area contributed by atoms with E-state index in [1.165, 1.54) is 12.8 Å². The molecule has 1 aliphatic heterocycles. The average Bonchev–Trinajstić information content (AvgIpc) is 3.22. The summed E-state index contributed by atoms with van der Waals surface area (Å²) in [5.41, 5.74) is 0. The number of rotatable bonds is 6. The van der Waals surface area contributed by atoms with E-state index in [-0.39, 0.29) is 6.03 Å². The average molecular weight is 269 g/mol. The van der Waals surface area contributed by atoms with Crippen LogP contribution in [0.1, 0.15) is 32.1 Å². The van der Waals surface area contributed by atoms with Gasteiger partial charge in [0.1, 0.15) is 0 Å². The van der Waals surface area contributed by atoms with Crippen molar-refractivity contribution in [3.05, 3.63) is 0 Å². The number of carbonyl (C=O) groups is 2. The third-order valence-electron chi connectivity index (χ3n) is 3.70. The monoisotopic (exact) mass is 269 g/mol. The fraction of sp³-hybridized carbons (Fsp3) is 0.846. The maximum Gasteiger partial charge on any atom is 0.317 e. The molecule has 1 saturated heterocycles. The summed E-state index contributed by atoms with van der Waals surface area (Å²) in [5, 5.41) is 15.2. The number of nitrogens with zero attached hydrogens (tertiary/aromatic N) is 1. The van der Waals surface area contributed by atoms with Crippen molar-refractivity contribution in [3.63, 3.8) is 0 Å². The van der Waals surface area contributed by atoms with Gasteiger partial charge in [-0.1, -0.05) is 0 Å². The normalized spacial score (nSPS) is 23.2. The minimum Gasteiger partial charge on any atom is -0.481 e. The van der Waals surface area contributed by atoms with Crippen molar-refractivity contribution < 1.29 is 14.7 Å². The van der Waals surface area contributed by atoms with E-state index in [0.29, 0.717) is 32.1 Å². The number of likely N-dealkylation sites (tertiary alicyclic amines) is 1. The number of carbonyl (C=O) groups excluding carboxylic acids is 1. The van der Waals surface area contributed by atoms with Crippen LogP contribution in [0.5, 0.6) is 0 Å². The van der Waals surface area contributed by atoms with Crippen LogP contribution >= 0.6 is 0 Å². The van der Waals surface area contributed by atoms with Gasteiger partial charge in [0.15, 0.2) is 0 Å². The maximum absolute atomic E-state index is 11.9. The molecule has 0 unspecified atom stereocenters. The Morgan fingerprint density at radius 3 is 2.68 bits per heavy atom. The number of carboxylic acids is 1. The first kappa shape index (κ1) is 14.1. The second-order valence-electron chi connectivity index (χ2n) is 5.44. The molecule has 0 aromatic carbocycles. The minimum absolute atomic E-state index is 0.127. The Labute approximate surface area is 113 Å². The highest BCUT2D eigenvalue weighted by Crippen LogP contribution is 2.18. The molecule has 6 heteroatoms. The second kappa shape index (κ2) is 6.75. The van der Waals surface area contributed by atoms with Crippen LogP contribution in [0, 0.1) is 5.92 Å². The van der Waals surface area contributed by atoms with E-state index in [1.54, 1.807) is 4.90 Å². The van der Waals surface area contributed by atoms with Gasteiger partial charge < -0.3 is 20.6 Å². The minimum atomic E-state index is -0.800. The SMILES string of the molecule is O=C(O)[C@@H]1CCCN(C(=O)NCCCNC2CC2)C1. The molecule has 0 bridgehead atoms. The molecule has 1 aliphatic carbocycles. The Morgan fingerprint density at radius 2 is 2.00 bits per heavy atom. The first-order valence-corrected chi connectivity index (χ1v) is 7.16. The zero-order valence-corrected chi connectivity index (χ0v) is 11.2. The van der Waals surface area contributed by atoms with Gasteiger partial charge >= 0.3 is 12.0 Å². The zero-order chi connectivity index (χ0) is 13.7. The lowest BCUT2D eigenvalue weighted by Crippen LogP contribution is -2.47. The van der Waals surface area contributed by atoms with Crippen molar-refractivity contribution in [3.8, 4) is 0 Å². The van der Waals surface area contributed by atoms with Crippen LogP contribution < -0.4 is 10.6 Å². The van der Waals surface area contributed by atoms with Crippen LogP contribution in [0.4, 0.5) is 4.79 Å². The van der Waals surface area contributed by atoms with E-state index in [4.69, 9.17) is 5.11 Å². The number of carboxylic acid groups (broad SMARTS) is 1. The van der Waals surface area contributed by atoms with Gasteiger partial charge in [-0.05, 0) is 38.6 Å². The molecule has 2 aliphatic rings. The van der Waals surface area contributed by atoms with E-state index in [2.05, 4.69) is 10.6 Å². The van der Waals surface area contributed by atoms with E-state index in [9.17, 15) is 9.59 Å². The highest BCUT2D eigenvalue weighted by molar-refractivity contribution is 5.76. The van der Waals surface area contributed by atoms with E-state index >= 15 is 0 Å². The summed E-state index contributed by atoms with van der Waals surface area (Å²) in [5.74, 6) is -1.21. The summed E-state index contributed by atoms with van der Waals surface area (Å²) in [6, 6.07) is 0.575. The second-order valence-corrected chi connectivity index (χ2v) is 5.44. The van der Waals surface area contributed by atoms with Crippen molar-refractivity contribution in [2.75, 3.05) is 26.2 Å². The van der Waals surface area contributed by atoms with E-state index < -0.39 is 11.9 Å². The van der Waals surface area contributed by atoms with Crippen LogP contribution in [-0.4, -0.2) is 54.2 Å². The van der Waals surface area contributed by atoms with Gasteiger partial charge in [0.2, 0.25) is 0 Å². The Morgan fingerprint density at radius 1 is 1.21 bits per heavy atom. The summed E-state index contributed by atoms with van der Waals surface area (Å²) in [4.78, 5) is 24.4. The predicted molar refractivity (Wildman–Crippen MR) is 71.0 cm³/mol. The van der Waals surface area contributed by atoms with Crippen LogP contribution in [-0.2, 0) is 4.79 Å². The molecule has 2 amide bonds. The molecular weight excluding hydrogens is 246 g/mol. The van der Waals surface area contributed by atoms with Crippen LogP contribution in [0.2, 0.25) is 0 Å². The zero-order valence-electron chi connectivity index (χ0n) is 11.2. The summed E-state index contributed by atoms with van der Waals surface area (Å²) >= 11 is 0. The third kappa shape index (κ3) is 4.70. The Kier molecular flexibility index (Phi) is 5.01. The molecule has 2 fully saturated rings. The van der Waals surface area contributed by atoms with E-state index in [0.717, 1.165) is 19.4 Å². The van der Waals surface area contributed by atoms with Gasteiger partial charge in [-0.3, -0.25) is 4.79 Å². The van der Waals surface area contributed by atoms with Crippen molar-refractivity contribution in [1.82, 2.24) is 15.5 Å². The molecule has 108 valence electrons. The molecular formula is C13H23N3O3. The molecule has 1 atom stereocenters. The van der Waals surface area contributed by atoms with Crippen molar-refractivity contribution in [2.45, 2.75) is 38.1 Å².